The van der Waals surface area contributed by atoms with Crippen molar-refractivity contribution in [2.75, 3.05) is 0 Å². The van der Waals surface area contributed by atoms with E-state index in [-0.39, 0.29) is 0 Å². The molecule has 4 fully saturated rings. The van der Waals surface area contributed by atoms with E-state index in [2.05, 4.69) is 141 Å². The lowest BCUT2D eigenvalue weighted by Crippen LogP contribution is -2.07. The molecule has 43 heavy (non-hydrogen) atoms. The summed E-state index contributed by atoms with van der Waals surface area (Å²) in [5.41, 5.74) is 0. The third kappa shape index (κ3) is 19.1. The van der Waals surface area contributed by atoms with Gasteiger partial charge in [-0.25, -0.2) is 0 Å². The predicted molar refractivity (Wildman–Crippen MR) is 223 cm³/mol. The average molecular weight is 835 g/mol. The van der Waals surface area contributed by atoms with Gasteiger partial charge in [-0.2, -0.15) is 0 Å². The van der Waals surface area contributed by atoms with E-state index in [0.717, 1.165) is 88.8 Å². The SMILES string of the molecule is CC.CC.CC.CC1CC(C)C(C)C1C.CC1CC(C)C(C)C1C.CC1CC(C)C(C)C1C.CC1CCC(C)C1C.II. The van der Waals surface area contributed by atoms with Gasteiger partial charge >= 0.3 is 0 Å². The molecule has 0 amide bonds. The maximum atomic E-state index is 2.39. The van der Waals surface area contributed by atoms with Crippen molar-refractivity contribution in [3.8, 4) is 0 Å². The van der Waals surface area contributed by atoms with Crippen LogP contribution >= 0.6 is 37.2 Å². The fourth-order valence-corrected chi connectivity index (χ4v) is 7.77. The molecule has 4 aliphatic rings. The molecule has 0 saturated heterocycles. The third-order valence-electron chi connectivity index (χ3n) is 13.0. The van der Waals surface area contributed by atoms with Gasteiger partial charge in [0.2, 0.25) is 0 Å². The largest absolute Gasteiger partial charge is 0.0683 e. The molecule has 4 rings (SSSR count). The van der Waals surface area contributed by atoms with Gasteiger partial charge in [-0.3, -0.25) is 0 Å². The lowest BCUT2D eigenvalue weighted by molar-refractivity contribution is 0.352. The molecule has 14 unspecified atom stereocenters. The summed E-state index contributed by atoms with van der Waals surface area (Å²) in [5.74, 6) is 14.5. The van der Waals surface area contributed by atoms with Crippen LogP contribution < -0.4 is 0 Å². The fraction of sp³-hybridized carbons (Fsp3) is 1.00. The third-order valence-corrected chi connectivity index (χ3v) is 13.0. The predicted octanol–water partition coefficient (Wildman–Crippen LogP) is 16.3. The van der Waals surface area contributed by atoms with E-state index in [4.69, 9.17) is 0 Å². The van der Waals surface area contributed by atoms with E-state index in [1.54, 1.807) is 0 Å². The van der Waals surface area contributed by atoms with Crippen LogP contribution in [0.5, 0.6) is 0 Å². The van der Waals surface area contributed by atoms with Crippen LogP contribution in [0.1, 0.15) is 178 Å². The van der Waals surface area contributed by atoms with Crippen molar-refractivity contribution in [1.29, 1.82) is 0 Å². The minimum Gasteiger partial charge on any atom is -0.0683 e. The van der Waals surface area contributed by atoms with Gasteiger partial charge in [0.05, 0.1) is 0 Å². The highest BCUT2D eigenvalue weighted by Crippen LogP contribution is 2.41. The van der Waals surface area contributed by atoms with Crippen molar-refractivity contribution in [3.63, 3.8) is 0 Å². The molecule has 0 aliphatic heterocycles. The lowest BCUT2D eigenvalue weighted by atomic mass is 9.92. The number of rotatable bonds is 0. The zero-order valence-electron chi connectivity index (χ0n) is 34.0. The molecule has 0 heterocycles. The zero-order chi connectivity index (χ0) is 35.2. The van der Waals surface area contributed by atoms with Gasteiger partial charge in [-0.1, -0.05) is 158 Å². The Morgan fingerprint density at radius 1 is 0.256 bits per heavy atom. The smallest absolute Gasteiger partial charge is 0 e. The molecule has 0 spiro atoms. The highest BCUT2D eigenvalue weighted by atomic mass is 128. The molecule has 266 valence electrons. The van der Waals surface area contributed by atoms with Crippen molar-refractivity contribution >= 4 is 37.2 Å². The molecule has 4 saturated carbocycles. The molecule has 0 aromatic heterocycles. The molecular weight excluding hydrogens is 746 g/mol. The second-order valence-electron chi connectivity index (χ2n) is 15.1. The molecule has 4 aliphatic carbocycles. The van der Waals surface area contributed by atoms with E-state index >= 15 is 0 Å². The molecule has 0 N–H and O–H groups in total. The Kier molecular flexibility index (Phi) is 35.3. The first kappa shape index (κ1) is 51.3. The minimum absolute atomic E-state index is 0.958. The van der Waals surface area contributed by atoms with Crippen LogP contribution in [0.3, 0.4) is 0 Å². The van der Waals surface area contributed by atoms with Crippen LogP contribution in [-0.2, 0) is 0 Å². The second-order valence-corrected chi connectivity index (χ2v) is 15.1. The van der Waals surface area contributed by atoms with E-state index in [0.29, 0.717) is 0 Å². The lowest BCUT2D eigenvalue weighted by Gasteiger charge is -2.14. The molecule has 0 radical (unpaired) electrons. The zero-order valence-corrected chi connectivity index (χ0v) is 38.3. The Morgan fingerprint density at radius 3 is 0.442 bits per heavy atom. The average Bonchev–Trinajstić information content (AvgIpc) is 3.61. The maximum Gasteiger partial charge on any atom is 0 e. The monoisotopic (exact) mass is 834 g/mol. The van der Waals surface area contributed by atoms with E-state index in [9.17, 15) is 0 Å². The van der Waals surface area contributed by atoms with E-state index < -0.39 is 0 Å². The van der Waals surface area contributed by atoms with E-state index in [1.165, 1.54) is 32.1 Å². The summed E-state index contributed by atoms with van der Waals surface area (Å²) in [6.07, 6.45) is 7.26. The molecule has 0 bridgehead atoms. The summed E-state index contributed by atoms with van der Waals surface area (Å²) in [4.78, 5) is 0. The topological polar surface area (TPSA) is 0 Å². The fourth-order valence-electron chi connectivity index (χ4n) is 7.77. The van der Waals surface area contributed by atoms with Crippen LogP contribution in [-0.4, -0.2) is 0 Å². The van der Waals surface area contributed by atoms with Gasteiger partial charge in [-0.15, -0.1) is 0 Å². The number of hydrogen-bond donors (Lipinski definition) is 0. The van der Waals surface area contributed by atoms with Gasteiger partial charge in [0.15, 0.2) is 0 Å². The Bertz CT molecular complexity index is 468. The normalized spacial score (nSPS) is 42.1. The summed E-state index contributed by atoms with van der Waals surface area (Å²) >= 11 is 4.24. The first-order valence-electron chi connectivity index (χ1n) is 19.2. The summed E-state index contributed by atoms with van der Waals surface area (Å²) in [7, 11) is 0. The van der Waals surface area contributed by atoms with Crippen molar-refractivity contribution in [2.24, 2.45) is 88.8 Å². The minimum atomic E-state index is 0.958. The Balaban J connectivity index is -0.000000218. The van der Waals surface area contributed by atoms with Crippen LogP contribution in [0.15, 0.2) is 0 Å². The van der Waals surface area contributed by atoms with Crippen LogP contribution in [0.4, 0.5) is 0 Å². The van der Waals surface area contributed by atoms with Crippen molar-refractivity contribution in [1.82, 2.24) is 0 Å². The number of halogens is 2. The van der Waals surface area contributed by atoms with Crippen LogP contribution in [0.25, 0.3) is 0 Å². The summed E-state index contributed by atoms with van der Waals surface area (Å²) < 4.78 is 0. The van der Waals surface area contributed by atoms with Gasteiger partial charge in [0.1, 0.15) is 0 Å². The molecule has 0 nitrogen and oxygen atoms in total. The van der Waals surface area contributed by atoms with E-state index in [1.807, 2.05) is 41.5 Å². The summed E-state index contributed by atoms with van der Waals surface area (Å²) in [6, 6.07) is 0. The highest BCUT2D eigenvalue weighted by Gasteiger charge is 2.33. The van der Waals surface area contributed by atoms with Gasteiger partial charge in [0.25, 0.3) is 0 Å². The standard InChI is InChI=1S/3C9H18.C8H16.3C2H6.I2/c3*1-6-5-7(2)9(4)8(6)3;1-6-4-5-7(2)8(6)3;4*1-2/h3*6-9H,5H2,1-4H3;6-8H,4-5H2,1-3H3;3*1-2H3;. The molecular formula is C41H88I2. The van der Waals surface area contributed by atoms with Crippen molar-refractivity contribution < 1.29 is 0 Å². The quantitative estimate of drug-likeness (QED) is 0.213. The first-order valence-corrected chi connectivity index (χ1v) is 25.5. The van der Waals surface area contributed by atoms with Gasteiger partial charge in [0, 0.05) is 37.2 Å². The maximum absolute atomic E-state index is 2.39. The second kappa shape index (κ2) is 29.6. The molecule has 14 atom stereocenters. The Hall–Kier alpha value is 1.46. The summed E-state index contributed by atoms with van der Waals surface area (Å²) in [6.45, 7) is 47.7. The molecule has 0 aromatic carbocycles. The van der Waals surface area contributed by atoms with Crippen molar-refractivity contribution in [2.45, 2.75) is 178 Å². The van der Waals surface area contributed by atoms with Crippen molar-refractivity contribution in [3.05, 3.63) is 0 Å². The Morgan fingerprint density at radius 2 is 0.395 bits per heavy atom. The molecule has 0 aromatic rings. The first-order chi connectivity index (χ1) is 20.1. The Labute approximate surface area is 301 Å². The van der Waals surface area contributed by atoms with Gasteiger partial charge in [-0.05, 0) is 108 Å². The van der Waals surface area contributed by atoms with Crippen LogP contribution in [0, 0.1) is 88.8 Å². The van der Waals surface area contributed by atoms with Gasteiger partial charge < -0.3 is 0 Å². The number of hydrogen-bond acceptors (Lipinski definition) is 0. The summed E-state index contributed by atoms with van der Waals surface area (Å²) in [5, 5.41) is 0. The molecule has 2 heteroatoms. The van der Waals surface area contributed by atoms with Crippen LogP contribution in [0.2, 0.25) is 0 Å². The highest BCUT2D eigenvalue weighted by molar-refractivity contribution is 15.0.